The lowest BCUT2D eigenvalue weighted by molar-refractivity contribution is 0.394. The van der Waals surface area contributed by atoms with Crippen molar-refractivity contribution in [1.82, 2.24) is 0 Å². The SMILES string of the molecule is COc1ccc(Oc2c(C)cc(N)cc2C)cc1C(C)(C)C. The molecule has 0 unspecified atom stereocenters. The molecule has 0 fully saturated rings. The summed E-state index contributed by atoms with van der Waals surface area (Å²) < 4.78 is 11.6. The lowest BCUT2D eigenvalue weighted by atomic mass is 9.86. The number of hydrogen-bond acceptors (Lipinski definition) is 3. The monoisotopic (exact) mass is 299 g/mol. The Labute approximate surface area is 133 Å². The molecule has 0 amide bonds. The Morgan fingerprint density at radius 1 is 0.955 bits per heavy atom. The molecule has 0 aliphatic rings. The molecule has 0 bridgehead atoms. The second-order valence-corrected chi connectivity index (χ2v) is 6.70. The molecule has 2 aromatic rings. The summed E-state index contributed by atoms with van der Waals surface area (Å²) in [7, 11) is 1.69. The first-order valence-electron chi connectivity index (χ1n) is 7.45. The summed E-state index contributed by atoms with van der Waals surface area (Å²) in [5, 5.41) is 0. The molecule has 3 heteroatoms. The standard InChI is InChI=1S/C19H25NO2/c1-12-9-14(20)10-13(2)18(12)22-15-7-8-17(21-6)16(11-15)19(3,4)5/h7-11H,20H2,1-6H3. The van der Waals surface area contributed by atoms with Gasteiger partial charge < -0.3 is 15.2 Å². The summed E-state index contributed by atoms with van der Waals surface area (Å²) in [4.78, 5) is 0. The van der Waals surface area contributed by atoms with Gasteiger partial charge in [0.2, 0.25) is 0 Å². The van der Waals surface area contributed by atoms with Crippen LogP contribution < -0.4 is 15.2 Å². The van der Waals surface area contributed by atoms with Gasteiger partial charge in [0, 0.05) is 11.3 Å². The molecule has 0 spiro atoms. The van der Waals surface area contributed by atoms with E-state index in [0.29, 0.717) is 0 Å². The van der Waals surface area contributed by atoms with E-state index in [2.05, 4.69) is 20.8 Å². The van der Waals surface area contributed by atoms with Crippen LogP contribution in [0, 0.1) is 13.8 Å². The molecule has 2 N–H and O–H groups in total. The summed E-state index contributed by atoms with van der Waals surface area (Å²) in [6.45, 7) is 10.5. The predicted molar refractivity (Wildman–Crippen MR) is 92.1 cm³/mol. The van der Waals surface area contributed by atoms with Crippen molar-refractivity contribution in [1.29, 1.82) is 0 Å². The maximum Gasteiger partial charge on any atom is 0.133 e. The zero-order valence-corrected chi connectivity index (χ0v) is 14.3. The Kier molecular flexibility index (Phi) is 4.36. The first kappa shape index (κ1) is 16.2. The maximum absolute atomic E-state index is 6.12. The number of nitrogen functional groups attached to an aromatic ring is 1. The third kappa shape index (κ3) is 3.35. The van der Waals surface area contributed by atoms with E-state index in [-0.39, 0.29) is 5.41 Å². The number of methoxy groups -OCH3 is 1. The summed E-state index contributed by atoms with van der Waals surface area (Å²) in [5.74, 6) is 2.55. The molecule has 0 saturated heterocycles. The molecule has 3 nitrogen and oxygen atoms in total. The number of nitrogens with two attached hydrogens (primary N) is 1. The zero-order valence-electron chi connectivity index (χ0n) is 14.3. The summed E-state index contributed by atoms with van der Waals surface area (Å²) in [5.41, 5.74) is 9.80. The molecule has 118 valence electrons. The van der Waals surface area contributed by atoms with Crippen molar-refractivity contribution >= 4 is 5.69 Å². The smallest absolute Gasteiger partial charge is 0.133 e. The van der Waals surface area contributed by atoms with Crippen molar-refractivity contribution in [3.8, 4) is 17.2 Å². The van der Waals surface area contributed by atoms with Crippen molar-refractivity contribution in [2.45, 2.75) is 40.0 Å². The van der Waals surface area contributed by atoms with Gasteiger partial charge in [-0.2, -0.15) is 0 Å². The molecule has 0 aliphatic heterocycles. The van der Waals surface area contributed by atoms with Crippen LogP contribution in [0.4, 0.5) is 5.69 Å². The highest BCUT2D eigenvalue weighted by Crippen LogP contribution is 2.37. The second kappa shape index (κ2) is 5.91. The summed E-state index contributed by atoms with van der Waals surface area (Å²) >= 11 is 0. The van der Waals surface area contributed by atoms with Crippen molar-refractivity contribution in [2.24, 2.45) is 0 Å². The van der Waals surface area contributed by atoms with Crippen molar-refractivity contribution in [3.05, 3.63) is 47.0 Å². The number of aryl methyl sites for hydroxylation is 2. The number of benzene rings is 2. The van der Waals surface area contributed by atoms with Crippen LogP contribution in [0.25, 0.3) is 0 Å². The highest BCUT2D eigenvalue weighted by Gasteiger charge is 2.20. The Morgan fingerprint density at radius 3 is 2.05 bits per heavy atom. The zero-order chi connectivity index (χ0) is 16.5. The molecule has 0 atom stereocenters. The molecular weight excluding hydrogens is 274 g/mol. The van der Waals surface area contributed by atoms with E-state index in [1.165, 1.54) is 0 Å². The van der Waals surface area contributed by atoms with Crippen molar-refractivity contribution in [2.75, 3.05) is 12.8 Å². The largest absolute Gasteiger partial charge is 0.496 e. The molecule has 0 saturated carbocycles. The average molecular weight is 299 g/mol. The molecule has 0 radical (unpaired) electrons. The van der Waals surface area contributed by atoms with Crippen LogP contribution in [0.5, 0.6) is 17.2 Å². The lowest BCUT2D eigenvalue weighted by Gasteiger charge is -2.23. The van der Waals surface area contributed by atoms with E-state index in [9.17, 15) is 0 Å². The van der Waals surface area contributed by atoms with Crippen molar-refractivity contribution in [3.63, 3.8) is 0 Å². The van der Waals surface area contributed by atoms with E-state index >= 15 is 0 Å². The van der Waals surface area contributed by atoms with Gasteiger partial charge in [0.25, 0.3) is 0 Å². The summed E-state index contributed by atoms with van der Waals surface area (Å²) in [6, 6.07) is 9.79. The van der Waals surface area contributed by atoms with Gasteiger partial charge in [-0.15, -0.1) is 0 Å². The first-order valence-corrected chi connectivity index (χ1v) is 7.45. The maximum atomic E-state index is 6.12. The molecule has 0 aliphatic carbocycles. The van der Waals surface area contributed by atoms with Crippen LogP contribution in [0.3, 0.4) is 0 Å². The van der Waals surface area contributed by atoms with Crippen LogP contribution in [-0.2, 0) is 5.41 Å². The highest BCUT2D eigenvalue weighted by molar-refractivity contribution is 5.54. The fraction of sp³-hybridized carbons (Fsp3) is 0.368. The topological polar surface area (TPSA) is 44.5 Å². The Morgan fingerprint density at radius 2 is 1.55 bits per heavy atom. The normalized spacial score (nSPS) is 11.4. The summed E-state index contributed by atoms with van der Waals surface area (Å²) in [6.07, 6.45) is 0. The van der Waals surface area contributed by atoms with E-state index in [1.54, 1.807) is 7.11 Å². The predicted octanol–water partition coefficient (Wildman–Crippen LogP) is 4.98. The van der Waals surface area contributed by atoms with Gasteiger partial charge in [0.1, 0.15) is 17.2 Å². The first-order chi connectivity index (χ1) is 10.2. The highest BCUT2D eigenvalue weighted by atomic mass is 16.5. The minimum Gasteiger partial charge on any atom is -0.496 e. The fourth-order valence-electron chi connectivity index (χ4n) is 2.60. The van der Waals surface area contributed by atoms with E-state index < -0.39 is 0 Å². The molecule has 2 rings (SSSR count). The quantitative estimate of drug-likeness (QED) is 0.812. The van der Waals surface area contributed by atoms with E-state index in [4.69, 9.17) is 15.2 Å². The second-order valence-electron chi connectivity index (χ2n) is 6.70. The van der Waals surface area contributed by atoms with Gasteiger partial charge in [-0.1, -0.05) is 20.8 Å². The van der Waals surface area contributed by atoms with Crippen LogP contribution in [0.2, 0.25) is 0 Å². The van der Waals surface area contributed by atoms with Gasteiger partial charge in [0.05, 0.1) is 7.11 Å². The van der Waals surface area contributed by atoms with Crippen LogP contribution in [0.1, 0.15) is 37.5 Å². The number of ether oxygens (including phenoxy) is 2. The van der Waals surface area contributed by atoms with Gasteiger partial charge in [-0.25, -0.2) is 0 Å². The molecule has 22 heavy (non-hydrogen) atoms. The third-order valence-corrected chi connectivity index (χ3v) is 3.68. The van der Waals surface area contributed by atoms with Gasteiger partial charge in [-0.05, 0) is 60.7 Å². The Bertz CT molecular complexity index is 661. The fourth-order valence-corrected chi connectivity index (χ4v) is 2.60. The van der Waals surface area contributed by atoms with E-state index in [1.807, 2.05) is 44.2 Å². The number of rotatable bonds is 3. The Hall–Kier alpha value is -2.16. The van der Waals surface area contributed by atoms with Crippen molar-refractivity contribution < 1.29 is 9.47 Å². The average Bonchev–Trinajstić information content (AvgIpc) is 2.41. The molecule has 0 heterocycles. The van der Waals surface area contributed by atoms with Crippen LogP contribution in [0.15, 0.2) is 30.3 Å². The number of anilines is 1. The minimum absolute atomic E-state index is 0.0179. The minimum atomic E-state index is -0.0179. The third-order valence-electron chi connectivity index (χ3n) is 3.68. The molecular formula is C19H25NO2. The lowest BCUT2D eigenvalue weighted by Crippen LogP contribution is -2.12. The molecule has 0 aromatic heterocycles. The van der Waals surface area contributed by atoms with E-state index in [0.717, 1.165) is 39.6 Å². The van der Waals surface area contributed by atoms with Crippen LogP contribution >= 0.6 is 0 Å². The van der Waals surface area contributed by atoms with Gasteiger partial charge in [-0.3, -0.25) is 0 Å². The number of hydrogen-bond donors (Lipinski definition) is 1. The van der Waals surface area contributed by atoms with Gasteiger partial charge in [0.15, 0.2) is 0 Å². The molecule has 2 aromatic carbocycles. The van der Waals surface area contributed by atoms with Gasteiger partial charge >= 0.3 is 0 Å². The Balaban J connectivity index is 2.43. The van der Waals surface area contributed by atoms with Crippen LogP contribution in [-0.4, -0.2) is 7.11 Å².